The molecule has 1 amide bonds. The van der Waals surface area contributed by atoms with Crippen molar-refractivity contribution in [2.24, 2.45) is 0 Å². The van der Waals surface area contributed by atoms with Crippen molar-refractivity contribution in [3.63, 3.8) is 0 Å². The molecule has 0 spiro atoms. The molecule has 2 rings (SSSR count). The van der Waals surface area contributed by atoms with Gasteiger partial charge in [0.25, 0.3) is 5.91 Å². The van der Waals surface area contributed by atoms with Crippen LogP contribution >= 0.6 is 15.9 Å². The van der Waals surface area contributed by atoms with Gasteiger partial charge in [0, 0.05) is 35.5 Å². The number of carbonyl (C=O) groups excluding carboxylic acids is 1. The highest BCUT2D eigenvalue weighted by molar-refractivity contribution is 9.10. The second-order valence-electron chi connectivity index (χ2n) is 5.01. The Hall–Kier alpha value is -1.73. The topological polar surface area (TPSA) is 80.0 Å². The fraction of sp³-hybridized carbons (Fsp3) is 0.400. The fourth-order valence-electron chi connectivity index (χ4n) is 1.84. The van der Waals surface area contributed by atoms with Crippen molar-refractivity contribution in [1.82, 2.24) is 20.8 Å². The maximum Gasteiger partial charge on any atom is 0.251 e. The zero-order chi connectivity index (χ0) is 15.9. The van der Waals surface area contributed by atoms with Crippen LogP contribution in [0, 0.1) is 0 Å². The van der Waals surface area contributed by atoms with Gasteiger partial charge in [-0.2, -0.15) is 4.98 Å². The first-order chi connectivity index (χ1) is 10.6. The van der Waals surface area contributed by atoms with Crippen LogP contribution in [0.2, 0.25) is 0 Å². The first kappa shape index (κ1) is 16.6. The molecular weight excluding hydrogens is 348 g/mol. The number of rotatable bonds is 7. The average Bonchev–Trinajstić information content (AvgIpc) is 2.95. The van der Waals surface area contributed by atoms with Crippen molar-refractivity contribution in [2.45, 2.75) is 25.8 Å². The lowest BCUT2D eigenvalue weighted by molar-refractivity contribution is 0.0953. The molecule has 2 N–H and O–H groups in total. The van der Waals surface area contributed by atoms with Crippen LogP contribution in [-0.4, -0.2) is 35.7 Å². The molecule has 1 aromatic heterocycles. The Labute approximate surface area is 137 Å². The summed E-state index contributed by atoms with van der Waals surface area (Å²) in [5.41, 5.74) is 0.622. The molecule has 2 aromatic rings. The Balaban J connectivity index is 1.78. The monoisotopic (exact) mass is 366 g/mol. The third-order valence-electron chi connectivity index (χ3n) is 3.22. The van der Waals surface area contributed by atoms with Crippen molar-refractivity contribution in [3.8, 4) is 0 Å². The molecule has 22 heavy (non-hydrogen) atoms. The number of nitrogens with zero attached hydrogens (tertiary/aromatic N) is 2. The molecule has 0 aliphatic carbocycles. The highest BCUT2D eigenvalue weighted by Gasteiger charge is 2.10. The van der Waals surface area contributed by atoms with Gasteiger partial charge in [-0.15, -0.1) is 0 Å². The Bertz CT molecular complexity index is 612. The summed E-state index contributed by atoms with van der Waals surface area (Å²) in [7, 11) is 1.89. The molecule has 0 fully saturated rings. The molecule has 0 aliphatic rings. The van der Waals surface area contributed by atoms with Crippen LogP contribution in [0.4, 0.5) is 0 Å². The van der Waals surface area contributed by atoms with Crippen LogP contribution in [0.15, 0.2) is 33.3 Å². The smallest absolute Gasteiger partial charge is 0.251 e. The Kier molecular flexibility index (Phi) is 6.09. The third kappa shape index (κ3) is 4.92. The maximum absolute atomic E-state index is 11.9. The molecule has 7 heteroatoms. The van der Waals surface area contributed by atoms with Gasteiger partial charge in [-0.1, -0.05) is 21.1 Å². The van der Waals surface area contributed by atoms with Crippen LogP contribution in [-0.2, 0) is 12.8 Å². The minimum absolute atomic E-state index is 0.115. The van der Waals surface area contributed by atoms with E-state index in [0.717, 1.165) is 4.47 Å². The number of likely N-dealkylation sites (N-methyl/N-ethyl adjacent to an activating group) is 1. The van der Waals surface area contributed by atoms with Gasteiger partial charge in [-0.3, -0.25) is 4.79 Å². The number of halogens is 1. The molecule has 1 unspecified atom stereocenters. The molecule has 0 saturated heterocycles. The number of carbonyl (C=O) groups is 1. The molecule has 0 saturated carbocycles. The molecule has 0 aliphatic heterocycles. The SMILES string of the molecule is CNC(C)Cc1noc(CCNC(=O)c2ccc(Br)cc2)n1. The minimum Gasteiger partial charge on any atom is -0.352 e. The molecule has 1 heterocycles. The van der Waals surface area contributed by atoms with E-state index in [0.29, 0.717) is 42.7 Å². The average molecular weight is 367 g/mol. The number of amides is 1. The van der Waals surface area contributed by atoms with Crippen LogP contribution in [0.5, 0.6) is 0 Å². The lowest BCUT2D eigenvalue weighted by atomic mass is 10.2. The minimum atomic E-state index is -0.115. The summed E-state index contributed by atoms with van der Waals surface area (Å²) in [6.45, 7) is 2.51. The molecule has 1 atom stereocenters. The Morgan fingerprint density at radius 2 is 2.09 bits per heavy atom. The number of hydrogen-bond donors (Lipinski definition) is 2. The second-order valence-corrected chi connectivity index (χ2v) is 5.93. The molecular formula is C15H19BrN4O2. The van der Waals surface area contributed by atoms with Gasteiger partial charge in [0.1, 0.15) is 0 Å². The van der Waals surface area contributed by atoms with Gasteiger partial charge in [-0.25, -0.2) is 0 Å². The summed E-state index contributed by atoms with van der Waals surface area (Å²) in [6, 6.07) is 7.50. The van der Waals surface area contributed by atoms with Crippen molar-refractivity contribution >= 4 is 21.8 Å². The normalized spacial score (nSPS) is 12.1. The highest BCUT2D eigenvalue weighted by atomic mass is 79.9. The van der Waals surface area contributed by atoms with E-state index in [1.54, 1.807) is 12.1 Å². The molecule has 1 aromatic carbocycles. The van der Waals surface area contributed by atoms with E-state index >= 15 is 0 Å². The van der Waals surface area contributed by atoms with Crippen LogP contribution in [0.3, 0.4) is 0 Å². The number of hydrogen-bond acceptors (Lipinski definition) is 5. The lowest BCUT2D eigenvalue weighted by Crippen LogP contribution is -2.25. The van der Waals surface area contributed by atoms with Crippen LogP contribution in [0.25, 0.3) is 0 Å². The number of nitrogens with one attached hydrogen (secondary N) is 2. The maximum atomic E-state index is 11.9. The van der Waals surface area contributed by atoms with Crippen LogP contribution < -0.4 is 10.6 Å². The summed E-state index contributed by atoms with van der Waals surface area (Å²) in [4.78, 5) is 16.2. The van der Waals surface area contributed by atoms with Crippen molar-refractivity contribution in [1.29, 1.82) is 0 Å². The quantitative estimate of drug-likeness (QED) is 0.782. The van der Waals surface area contributed by atoms with E-state index < -0.39 is 0 Å². The lowest BCUT2D eigenvalue weighted by Gasteiger charge is -2.04. The predicted octanol–water partition coefficient (Wildman–Crippen LogP) is 1.95. The summed E-state index contributed by atoms with van der Waals surface area (Å²) in [5.74, 6) is 1.10. The summed E-state index contributed by atoms with van der Waals surface area (Å²) < 4.78 is 6.11. The van der Waals surface area contributed by atoms with E-state index in [-0.39, 0.29) is 5.91 Å². The molecule has 0 bridgehead atoms. The Morgan fingerprint density at radius 1 is 1.36 bits per heavy atom. The van der Waals surface area contributed by atoms with E-state index in [4.69, 9.17) is 4.52 Å². The summed E-state index contributed by atoms with van der Waals surface area (Å²) in [5, 5.41) is 9.88. The van der Waals surface area contributed by atoms with Crippen molar-refractivity contribution < 1.29 is 9.32 Å². The van der Waals surface area contributed by atoms with Crippen molar-refractivity contribution in [2.75, 3.05) is 13.6 Å². The fourth-order valence-corrected chi connectivity index (χ4v) is 2.10. The zero-order valence-electron chi connectivity index (χ0n) is 12.6. The first-order valence-corrected chi connectivity index (χ1v) is 7.90. The standard InChI is InChI=1S/C15H19BrN4O2/c1-10(17-2)9-13-19-14(22-20-13)7-8-18-15(21)11-3-5-12(16)6-4-11/h3-6,10,17H,7-9H2,1-2H3,(H,18,21). The molecule has 6 nitrogen and oxygen atoms in total. The van der Waals surface area contributed by atoms with Gasteiger partial charge in [0.05, 0.1) is 0 Å². The zero-order valence-corrected chi connectivity index (χ0v) is 14.2. The Morgan fingerprint density at radius 3 is 2.77 bits per heavy atom. The van der Waals surface area contributed by atoms with E-state index in [2.05, 4.69) is 43.6 Å². The molecule has 118 valence electrons. The first-order valence-electron chi connectivity index (χ1n) is 7.11. The summed E-state index contributed by atoms with van der Waals surface area (Å²) >= 11 is 3.34. The largest absolute Gasteiger partial charge is 0.352 e. The molecule has 0 radical (unpaired) electrons. The van der Waals surface area contributed by atoms with Gasteiger partial charge >= 0.3 is 0 Å². The number of aromatic nitrogens is 2. The third-order valence-corrected chi connectivity index (χ3v) is 3.75. The van der Waals surface area contributed by atoms with Gasteiger partial charge in [0.2, 0.25) is 5.89 Å². The van der Waals surface area contributed by atoms with Gasteiger partial charge in [0.15, 0.2) is 5.82 Å². The summed E-state index contributed by atoms with van der Waals surface area (Å²) in [6.07, 6.45) is 1.23. The van der Waals surface area contributed by atoms with E-state index in [1.165, 1.54) is 0 Å². The van der Waals surface area contributed by atoms with E-state index in [1.807, 2.05) is 19.2 Å². The van der Waals surface area contributed by atoms with Gasteiger partial charge in [-0.05, 0) is 38.2 Å². The highest BCUT2D eigenvalue weighted by Crippen LogP contribution is 2.10. The number of benzene rings is 1. The van der Waals surface area contributed by atoms with Crippen molar-refractivity contribution in [3.05, 3.63) is 46.0 Å². The second kappa shape index (κ2) is 8.05. The van der Waals surface area contributed by atoms with Gasteiger partial charge < -0.3 is 15.2 Å². The predicted molar refractivity (Wildman–Crippen MR) is 86.7 cm³/mol. The van der Waals surface area contributed by atoms with Crippen LogP contribution in [0.1, 0.15) is 29.0 Å². The van der Waals surface area contributed by atoms with E-state index in [9.17, 15) is 4.79 Å².